The SMILES string of the molecule is Cc1cccc(Nc2nccc([C@H]3CCCN(C(=O)c4ccccc4F)C3)n2)c1. The fraction of sp³-hybridized carbons (Fsp3) is 0.261. The zero-order valence-corrected chi connectivity index (χ0v) is 16.3. The molecule has 1 amide bonds. The molecule has 3 aromatic rings. The van der Waals surface area contributed by atoms with Crippen LogP contribution in [0.1, 0.15) is 40.4 Å². The van der Waals surface area contributed by atoms with Crippen LogP contribution in [0.4, 0.5) is 16.0 Å². The molecule has 5 nitrogen and oxygen atoms in total. The number of halogens is 1. The normalized spacial score (nSPS) is 16.5. The Kier molecular flexibility index (Phi) is 5.51. The summed E-state index contributed by atoms with van der Waals surface area (Å²) in [6.07, 6.45) is 3.52. The predicted molar refractivity (Wildman–Crippen MR) is 111 cm³/mol. The van der Waals surface area contributed by atoms with Gasteiger partial charge in [-0.25, -0.2) is 14.4 Å². The molecule has 1 aromatic heterocycles. The number of rotatable bonds is 4. The fourth-order valence-electron chi connectivity index (χ4n) is 3.72. The Bertz CT molecular complexity index is 1020. The molecule has 1 N–H and O–H groups in total. The van der Waals surface area contributed by atoms with Gasteiger partial charge in [0.25, 0.3) is 5.91 Å². The highest BCUT2D eigenvalue weighted by molar-refractivity contribution is 5.94. The van der Waals surface area contributed by atoms with Crippen LogP contribution in [0, 0.1) is 12.7 Å². The van der Waals surface area contributed by atoms with E-state index in [0.29, 0.717) is 19.0 Å². The van der Waals surface area contributed by atoms with Crippen molar-refractivity contribution in [3.8, 4) is 0 Å². The minimum atomic E-state index is -0.480. The van der Waals surface area contributed by atoms with Crippen molar-refractivity contribution >= 4 is 17.5 Å². The Balaban J connectivity index is 1.50. The van der Waals surface area contributed by atoms with E-state index < -0.39 is 5.82 Å². The van der Waals surface area contributed by atoms with Crippen molar-refractivity contribution in [2.24, 2.45) is 0 Å². The summed E-state index contributed by atoms with van der Waals surface area (Å²) < 4.78 is 14.0. The van der Waals surface area contributed by atoms with E-state index >= 15 is 0 Å². The summed E-state index contributed by atoms with van der Waals surface area (Å²) in [5.74, 6) is -0.113. The molecule has 0 aliphatic carbocycles. The first-order valence-electron chi connectivity index (χ1n) is 9.80. The lowest BCUT2D eigenvalue weighted by atomic mass is 9.94. The Morgan fingerprint density at radius 2 is 2.03 bits per heavy atom. The fourth-order valence-corrected chi connectivity index (χ4v) is 3.72. The number of benzene rings is 2. The number of piperidine rings is 1. The maximum Gasteiger partial charge on any atom is 0.256 e. The quantitative estimate of drug-likeness (QED) is 0.702. The van der Waals surface area contributed by atoms with Gasteiger partial charge in [-0.1, -0.05) is 24.3 Å². The summed E-state index contributed by atoms with van der Waals surface area (Å²) in [6.45, 7) is 3.18. The minimum Gasteiger partial charge on any atom is -0.338 e. The Labute approximate surface area is 169 Å². The Morgan fingerprint density at radius 1 is 1.17 bits per heavy atom. The molecule has 1 aliphatic rings. The molecule has 1 fully saturated rings. The summed E-state index contributed by atoms with van der Waals surface area (Å²) in [5, 5.41) is 3.24. The molecule has 2 heterocycles. The average molecular weight is 390 g/mol. The number of aryl methyl sites for hydroxylation is 1. The maximum atomic E-state index is 14.0. The lowest BCUT2D eigenvalue weighted by Gasteiger charge is -2.32. The number of hydrogen-bond acceptors (Lipinski definition) is 4. The molecule has 4 rings (SSSR count). The molecule has 0 unspecified atom stereocenters. The Hall–Kier alpha value is -3.28. The number of nitrogens with zero attached hydrogens (tertiary/aromatic N) is 3. The summed E-state index contributed by atoms with van der Waals surface area (Å²) >= 11 is 0. The van der Waals surface area contributed by atoms with Crippen molar-refractivity contribution in [3.05, 3.63) is 83.4 Å². The molecule has 0 bridgehead atoms. The lowest BCUT2D eigenvalue weighted by Crippen LogP contribution is -2.39. The van der Waals surface area contributed by atoms with Gasteiger partial charge in [-0.05, 0) is 55.7 Å². The second kappa shape index (κ2) is 8.39. The number of hydrogen-bond donors (Lipinski definition) is 1. The van der Waals surface area contributed by atoms with Crippen LogP contribution >= 0.6 is 0 Å². The van der Waals surface area contributed by atoms with Crippen LogP contribution in [0.2, 0.25) is 0 Å². The largest absolute Gasteiger partial charge is 0.338 e. The van der Waals surface area contributed by atoms with Crippen molar-refractivity contribution < 1.29 is 9.18 Å². The molecular formula is C23H23FN4O. The third-order valence-electron chi connectivity index (χ3n) is 5.18. The third-order valence-corrected chi connectivity index (χ3v) is 5.18. The van der Waals surface area contributed by atoms with Gasteiger partial charge >= 0.3 is 0 Å². The van der Waals surface area contributed by atoms with E-state index in [2.05, 4.69) is 15.3 Å². The van der Waals surface area contributed by atoms with Crippen molar-refractivity contribution in [1.29, 1.82) is 0 Å². The molecule has 0 spiro atoms. The van der Waals surface area contributed by atoms with E-state index in [1.54, 1.807) is 23.2 Å². The Morgan fingerprint density at radius 3 is 2.86 bits per heavy atom. The van der Waals surface area contributed by atoms with Gasteiger partial charge in [-0.15, -0.1) is 0 Å². The van der Waals surface area contributed by atoms with Crippen molar-refractivity contribution in [2.45, 2.75) is 25.7 Å². The van der Waals surface area contributed by atoms with Crippen LogP contribution in [0.3, 0.4) is 0 Å². The van der Waals surface area contributed by atoms with Gasteiger partial charge in [-0.2, -0.15) is 0 Å². The van der Waals surface area contributed by atoms with Crippen LogP contribution in [-0.2, 0) is 0 Å². The predicted octanol–water partition coefficient (Wildman–Crippen LogP) is 4.69. The maximum absolute atomic E-state index is 14.0. The average Bonchev–Trinajstić information content (AvgIpc) is 2.74. The second-order valence-electron chi connectivity index (χ2n) is 7.37. The monoisotopic (exact) mass is 390 g/mol. The topological polar surface area (TPSA) is 58.1 Å². The zero-order valence-electron chi connectivity index (χ0n) is 16.3. The minimum absolute atomic E-state index is 0.0977. The van der Waals surface area contributed by atoms with Gasteiger partial charge in [0.2, 0.25) is 5.95 Å². The van der Waals surface area contributed by atoms with Gasteiger partial charge in [0, 0.05) is 30.9 Å². The standard InChI is InChI=1S/C23H23FN4O/c1-16-6-4-8-18(14-16)26-23-25-12-11-21(27-23)17-7-5-13-28(15-17)22(29)19-9-2-3-10-20(19)24/h2-4,6,8-12,14,17H,5,7,13,15H2,1H3,(H,25,26,27)/t17-/m0/s1. The first-order valence-corrected chi connectivity index (χ1v) is 9.80. The smallest absolute Gasteiger partial charge is 0.256 e. The summed E-state index contributed by atoms with van der Waals surface area (Å²) in [4.78, 5) is 23.5. The van der Waals surface area contributed by atoms with E-state index in [9.17, 15) is 9.18 Å². The number of aromatic nitrogens is 2. The first-order chi connectivity index (χ1) is 14.1. The summed E-state index contributed by atoms with van der Waals surface area (Å²) in [5.41, 5.74) is 3.10. The van der Waals surface area contributed by atoms with Crippen LogP contribution in [0.15, 0.2) is 60.8 Å². The van der Waals surface area contributed by atoms with Gasteiger partial charge in [0.05, 0.1) is 11.3 Å². The second-order valence-corrected chi connectivity index (χ2v) is 7.37. The van der Waals surface area contributed by atoms with E-state index in [4.69, 9.17) is 0 Å². The molecule has 1 aliphatic heterocycles. The number of carbonyl (C=O) groups excluding carboxylic acids is 1. The molecule has 2 aromatic carbocycles. The van der Waals surface area contributed by atoms with Gasteiger partial charge in [0.1, 0.15) is 5.82 Å². The molecule has 29 heavy (non-hydrogen) atoms. The van der Waals surface area contributed by atoms with Gasteiger partial charge in [0.15, 0.2) is 0 Å². The van der Waals surface area contributed by atoms with E-state index in [1.165, 1.54) is 12.1 Å². The highest BCUT2D eigenvalue weighted by atomic mass is 19.1. The van der Waals surface area contributed by atoms with E-state index in [0.717, 1.165) is 29.8 Å². The molecule has 0 radical (unpaired) electrons. The number of nitrogens with one attached hydrogen (secondary N) is 1. The summed E-state index contributed by atoms with van der Waals surface area (Å²) in [7, 11) is 0. The van der Waals surface area contributed by atoms with Crippen molar-refractivity contribution in [1.82, 2.24) is 14.9 Å². The van der Waals surface area contributed by atoms with Crippen LogP contribution in [0.25, 0.3) is 0 Å². The van der Waals surface area contributed by atoms with Gasteiger partial charge in [-0.3, -0.25) is 4.79 Å². The van der Waals surface area contributed by atoms with Gasteiger partial charge < -0.3 is 10.2 Å². The molecule has 0 saturated carbocycles. The third kappa shape index (κ3) is 4.42. The van der Waals surface area contributed by atoms with Crippen LogP contribution in [-0.4, -0.2) is 33.9 Å². The number of amides is 1. The highest BCUT2D eigenvalue weighted by Crippen LogP contribution is 2.27. The van der Waals surface area contributed by atoms with E-state index in [-0.39, 0.29) is 17.4 Å². The number of carbonyl (C=O) groups is 1. The van der Waals surface area contributed by atoms with Crippen molar-refractivity contribution in [2.75, 3.05) is 18.4 Å². The van der Waals surface area contributed by atoms with Crippen LogP contribution < -0.4 is 5.32 Å². The molecule has 6 heteroatoms. The lowest BCUT2D eigenvalue weighted by molar-refractivity contribution is 0.0701. The summed E-state index contributed by atoms with van der Waals surface area (Å²) in [6, 6.07) is 16.0. The zero-order chi connectivity index (χ0) is 20.2. The highest BCUT2D eigenvalue weighted by Gasteiger charge is 2.27. The molecule has 1 saturated heterocycles. The van der Waals surface area contributed by atoms with E-state index in [1.807, 2.05) is 37.3 Å². The number of anilines is 2. The molecule has 148 valence electrons. The molecule has 1 atom stereocenters. The van der Waals surface area contributed by atoms with Crippen molar-refractivity contribution in [3.63, 3.8) is 0 Å². The number of likely N-dealkylation sites (tertiary alicyclic amines) is 1. The molecular weight excluding hydrogens is 367 g/mol. The van der Waals surface area contributed by atoms with Crippen LogP contribution in [0.5, 0.6) is 0 Å². The first kappa shape index (κ1) is 19.1.